The molecule has 3 rings (SSSR count). The minimum absolute atomic E-state index is 0. The lowest BCUT2D eigenvalue weighted by molar-refractivity contribution is 0.189. The number of thioether (sulfide) groups is 1. The van der Waals surface area contributed by atoms with Crippen LogP contribution >= 0.6 is 24.2 Å². The molecule has 0 radical (unpaired) electrons. The van der Waals surface area contributed by atoms with Crippen LogP contribution in [-0.4, -0.2) is 33.7 Å². The van der Waals surface area contributed by atoms with E-state index in [9.17, 15) is 4.39 Å². The van der Waals surface area contributed by atoms with Gasteiger partial charge < -0.3 is 10.5 Å². The minimum atomic E-state index is -0.265. The molecule has 2 heterocycles. The fraction of sp³-hybridized carbons (Fsp3) is 0.429. The summed E-state index contributed by atoms with van der Waals surface area (Å²) in [6.07, 6.45) is 1.08. The number of hydrogen-bond acceptors (Lipinski definition) is 5. The molecule has 5 nitrogen and oxygen atoms in total. The van der Waals surface area contributed by atoms with E-state index in [0.29, 0.717) is 11.7 Å². The molecule has 1 aromatic heterocycles. The number of rotatable bonds is 5. The van der Waals surface area contributed by atoms with E-state index in [4.69, 9.17) is 10.5 Å². The highest BCUT2D eigenvalue weighted by Gasteiger charge is 2.19. The monoisotopic (exact) mass is 344 g/mol. The molecule has 1 aliphatic heterocycles. The molecule has 0 spiro atoms. The molecule has 2 aromatic rings. The number of benzene rings is 1. The molecule has 1 unspecified atom stereocenters. The predicted octanol–water partition coefficient (Wildman–Crippen LogP) is 2.42. The quantitative estimate of drug-likeness (QED) is 0.844. The van der Waals surface area contributed by atoms with E-state index >= 15 is 0 Å². The van der Waals surface area contributed by atoms with Crippen molar-refractivity contribution in [3.63, 3.8) is 0 Å². The average Bonchev–Trinajstić information content (AvgIpc) is 3.15. The fourth-order valence-electron chi connectivity index (χ4n) is 2.28. The van der Waals surface area contributed by atoms with Crippen molar-refractivity contribution in [3.8, 4) is 5.69 Å². The average molecular weight is 345 g/mol. The van der Waals surface area contributed by atoms with Crippen molar-refractivity contribution in [2.75, 3.05) is 19.0 Å². The lowest BCUT2D eigenvalue weighted by Gasteiger charge is -2.10. The first-order valence-electron chi connectivity index (χ1n) is 6.89. The smallest absolute Gasteiger partial charge is 0.195 e. The molecule has 1 aliphatic rings. The van der Waals surface area contributed by atoms with Gasteiger partial charge in [-0.3, -0.25) is 4.57 Å². The molecule has 120 valence electrons. The van der Waals surface area contributed by atoms with Crippen LogP contribution in [-0.2, 0) is 11.3 Å². The summed E-state index contributed by atoms with van der Waals surface area (Å²) in [4.78, 5) is 0. The highest BCUT2D eigenvalue weighted by atomic mass is 35.5. The third kappa shape index (κ3) is 3.78. The van der Waals surface area contributed by atoms with Crippen LogP contribution in [0.25, 0.3) is 5.69 Å². The van der Waals surface area contributed by atoms with Crippen LogP contribution in [0.4, 0.5) is 4.39 Å². The molecule has 1 atom stereocenters. The Labute approximate surface area is 138 Å². The van der Waals surface area contributed by atoms with E-state index in [2.05, 4.69) is 10.2 Å². The van der Waals surface area contributed by atoms with Crippen molar-refractivity contribution < 1.29 is 9.13 Å². The minimum Gasteiger partial charge on any atom is -0.381 e. The largest absolute Gasteiger partial charge is 0.381 e. The number of nitrogens with zero attached hydrogens (tertiary/aromatic N) is 3. The summed E-state index contributed by atoms with van der Waals surface area (Å²) in [5, 5.41) is 9.11. The zero-order valence-electron chi connectivity index (χ0n) is 11.9. The molecular weight excluding hydrogens is 327 g/mol. The van der Waals surface area contributed by atoms with Crippen LogP contribution in [0.1, 0.15) is 12.2 Å². The summed E-state index contributed by atoms with van der Waals surface area (Å²) in [6, 6.07) is 6.27. The van der Waals surface area contributed by atoms with E-state index in [1.165, 1.54) is 12.1 Å². The summed E-state index contributed by atoms with van der Waals surface area (Å²) < 4.78 is 20.4. The Kier molecular flexibility index (Phi) is 6.19. The Morgan fingerprint density at radius 1 is 1.32 bits per heavy atom. The number of halogens is 2. The predicted molar refractivity (Wildman–Crippen MR) is 86.1 cm³/mol. The molecule has 2 N–H and O–H groups in total. The van der Waals surface area contributed by atoms with E-state index in [1.807, 2.05) is 4.57 Å². The van der Waals surface area contributed by atoms with Gasteiger partial charge >= 0.3 is 0 Å². The summed E-state index contributed by atoms with van der Waals surface area (Å²) in [5.41, 5.74) is 6.55. The molecule has 8 heteroatoms. The van der Waals surface area contributed by atoms with Crippen LogP contribution in [0.15, 0.2) is 29.4 Å². The number of ether oxygens (including phenoxy) is 1. The molecule has 1 aromatic carbocycles. The van der Waals surface area contributed by atoms with E-state index in [0.717, 1.165) is 36.2 Å². The summed E-state index contributed by atoms with van der Waals surface area (Å²) in [6.45, 7) is 1.93. The molecule has 22 heavy (non-hydrogen) atoms. The van der Waals surface area contributed by atoms with Crippen LogP contribution in [0, 0.1) is 11.7 Å². The first kappa shape index (κ1) is 17.2. The second-order valence-electron chi connectivity index (χ2n) is 4.96. The van der Waals surface area contributed by atoms with E-state index in [1.54, 1.807) is 23.9 Å². The maximum Gasteiger partial charge on any atom is 0.195 e. The maximum atomic E-state index is 13.1. The second kappa shape index (κ2) is 7.92. The molecule has 1 fully saturated rings. The zero-order valence-corrected chi connectivity index (χ0v) is 13.6. The van der Waals surface area contributed by atoms with E-state index < -0.39 is 0 Å². The Hall–Kier alpha value is -1.15. The molecule has 0 bridgehead atoms. The maximum absolute atomic E-state index is 13.1. The Balaban J connectivity index is 0.00000176. The Morgan fingerprint density at radius 2 is 2.09 bits per heavy atom. The Morgan fingerprint density at radius 3 is 2.73 bits per heavy atom. The number of aromatic nitrogens is 3. The van der Waals surface area contributed by atoms with E-state index in [-0.39, 0.29) is 24.8 Å². The van der Waals surface area contributed by atoms with Crippen molar-refractivity contribution in [3.05, 3.63) is 35.9 Å². The van der Waals surface area contributed by atoms with Crippen molar-refractivity contribution in [1.29, 1.82) is 0 Å². The van der Waals surface area contributed by atoms with Gasteiger partial charge in [0, 0.05) is 18.0 Å². The fourth-order valence-corrected chi connectivity index (χ4v) is 3.37. The highest BCUT2D eigenvalue weighted by Crippen LogP contribution is 2.26. The first-order valence-corrected chi connectivity index (χ1v) is 7.87. The van der Waals surface area contributed by atoms with Crippen LogP contribution in [0.2, 0.25) is 0 Å². The van der Waals surface area contributed by atoms with Crippen molar-refractivity contribution in [1.82, 2.24) is 14.8 Å². The molecule has 0 aliphatic carbocycles. The van der Waals surface area contributed by atoms with Gasteiger partial charge in [0.1, 0.15) is 5.82 Å². The van der Waals surface area contributed by atoms with Gasteiger partial charge in [0.2, 0.25) is 0 Å². The third-order valence-electron chi connectivity index (χ3n) is 3.44. The van der Waals surface area contributed by atoms with Crippen LogP contribution in [0.3, 0.4) is 0 Å². The van der Waals surface area contributed by atoms with Gasteiger partial charge in [-0.25, -0.2) is 4.39 Å². The summed E-state index contributed by atoms with van der Waals surface area (Å²) in [7, 11) is 0. The van der Waals surface area contributed by atoms with Gasteiger partial charge in [0.05, 0.1) is 13.2 Å². The van der Waals surface area contributed by atoms with Crippen molar-refractivity contribution >= 4 is 24.2 Å². The first-order chi connectivity index (χ1) is 10.3. The SMILES string of the molecule is Cl.NCc1nnc(SCC2CCOC2)n1-c1ccc(F)cc1. The standard InChI is InChI=1S/C14H17FN4OS.ClH/c15-11-1-3-12(4-2-11)19-13(7-16)17-18-14(19)21-9-10-5-6-20-8-10;/h1-4,10H,5-9,16H2;1H. The number of nitrogens with two attached hydrogens (primary N) is 1. The summed E-state index contributed by atoms with van der Waals surface area (Å²) in [5.74, 6) is 1.89. The van der Waals surface area contributed by atoms with Crippen molar-refractivity contribution in [2.45, 2.75) is 18.1 Å². The zero-order chi connectivity index (χ0) is 14.7. The number of hydrogen-bond donors (Lipinski definition) is 1. The van der Waals surface area contributed by atoms with Gasteiger partial charge in [0.15, 0.2) is 11.0 Å². The van der Waals surface area contributed by atoms with Crippen molar-refractivity contribution in [2.24, 2.45) is 11.7 Å². The van der Waals surface area contributed by atoms with Gasteiger partial charge in [-0.2, -0.15) is 0 Å². The Bertz CT molecular complexity index is 601. The van der Waals surface area contributed by atoms with Gasteiger partial charge in [-0.15, -0.1) is 22.6 Å². The molecule has 0 amide bonds. The molecule has 1 saturated heterocycles. The van der Waals surface area contributed by atoms with Gasteiger partial charge in [-0.1, -0.05) is 11.8 Å². The third-order valence-corrected chi connectivity index (χ3v) is 4.60. The lowest BCUT2D eigenvalue weighted by atomic mass is 10.2. The molecular formula is C14H18ClFN4OS. The topological polar surface area (TPSA) is 66.0 Å². The van der Waals surface area contributed by atoms with Gasteiger partial charge in [-0.05, 0) is 36.6 Å². The van der Waals surface area contributed by atoms with Crippen LogP contribution in [0.5, 0.6) is 0 Å². The lowest BCUT2D eigenvalue weighted by Crippen LogP contribution is -2.09. The van der Waals surface area contributed by atoms with Gasteiger partial charge in [0.25, 0.3) is 0 Å². The second-order valence-corrected chi connectivity index (χ2v) is 5.94. The summed E-state index contributed by atoms with van der Waals surface area (Å²) >= 11 is 1.64. The normalized spacial score (nSPS) is 17.5. The molecule has 0 saturated carbocycles. The van der Waals surface area contributed by atoms with Crippen LogP contribution < -0.4 is 5.73 Å². The highest BCUT2D eigenvalue weighted by molar-refractivity contribution is 7.99.